The quantitative estimate of drug-likeness (QED) is 0.531. The van der Waals surface area contributed by atoms with Gasteiger partial charge in [-0.2, -0.15) is 0 Å². The van der Waals surface area contributed by atoms with Crippen molar-refractivity contribution in [1.82, 2.24) is 0 Å². The molecule has 0 amide bonds. The van der Waals surface area contributed by atoms with E-state index in [1.165, 1.54) is 35.3 Å². The molecule has 2 fully saturated rings. The van der Waals surface area contributed by atoms with Crippen LogP contribution in [0.25, 0.3) is 20.5 Å². The number of carbonyl (C=O) groups is 1. The van der Waals surface area contributed by atoms with Gasteiger partial charge in [0.1, 0.15) is 11.4 Å². The molecule has 4 unspecified atom stereocenters. The Balaban J connectivity index is 1.49. The molecular formula is C25H24O3S. The van der Waals surface area contributed by atoms with Crippen molar-refractivity contribution in [3.05, 3.63) is 53.6 Å². The number of ether oxygens (including phenoxy) is 1. The Bertz CT molecular complexity index is 1210. The fourth-order valence-corrected chi connectivity index (χ4v) is 7.70. The van der Waals surface area contributed by atoms with Crippen LogP contribution in [0.3, 0.4) is 0 Å². The highest BCUT2D eigenvalue weighted by Gasteiger charge is 2.73. The van der Waals surface area contributed by atoms with Crippen LogP contribution in [-0.4, -0.2) is 16.7 Å². The standard InChI is InChI=1S/C25H24O3S/c1-23-9-8-17(13-23)25(3)24(23,2)18-11-14(4-6-19(18)28-25)21-12-16-10-15(22(26)27)5-7-20(16)29-21/h4-7,10-12,17H,8-9,13H2,1-3H3,(H,26,27). The Morgan fingerprint density at radius 3 is 2.76 bits per heavy atom. The highest BCUT2D eigenvalue weighted by molar-refractivity contribution is 7.22. The zero-order valence-corrected chi connectivity index (χ0v) is 17.7. The molecule has 4 atom stereocenters. The number of benzene rings is 2. The minimum Gasteiger partial charge on any atom is -0.486 e. The zero-order chi connectivity index (χ0) is 20.2. The van der Waals surface area contributed by atoms with Crippen LogP contribution in [0, 0.1) is 11.3 Å². The van der Waals surface area contributed by atoms with Crippen molar-refractivity contribution in [2.24, 2.45) is 11.3 Å². The molecule has 6 rings (SSSR count). The second kappa shape index (κ2) is 5.23. The lowest BCUT2D eigenvalue weighted by Crippen LogP contribution is -2.54. The van der Waals surface area contributed by atoms with Gasteiger partial charge in [-0.15, -0.1) is 11.3 Å². The molecule has 2 heterocycles. The Morgan fingerprint density at radius 1 is 1.14 bits per heavy atom. The highest BCUT2D eigenvalue weighted by atomic mass is 32.1. The Kier molecular flexibility index (Phi) is 3.16. The van der Waals surface area contributed by atoms with E-state index in [9.17, 15) is 9.90 Å². The summed E-state index contributed by atoms with van der Waals surface area (Å²) in [5, 5.41) is 10.3. The van der Waals surface area contributed by atoms with Crippen LogP contribution >= 0.6 is 11.3 Å². The van der Waals surface area contributed by atoms with E-state index < -0.39 is 5.97 Å². The average Bonchev–Trinajstić information content (AvgIpc) is 3.39. The van der Waals surface area contributed by atoms with Gasteiger partial charge in [0.25, 0.3) is 0 Å². The SMILES string of the molecule is CC12CCC(C1)C1(C)Oc3ccc(-c4cc5cc(C(=O)O)ccc5s4)cc3C21C. The number of fused-ring (bicyclic) bond motifs is 8. The second-order valence-corrected chi connectivity index (χ2v) is 10.8. The van der Waals surface area contributed by atoms with E-state index in [1.807, 2.05) is 6.07 Å². The topological polar surface area (TPSA) is 46.5 Å². The summed E-state index contributed by atoms with van der Waals surface area (Å²) in [4.78, 5) is 12.5. The van der Waals surface area contributed by atoms with Crippen molar-refractivity contribution < 1.29 is 14.6 Å². The molecule has 148 valence electrons. The van der Waals surface area contributed by atoms with E-state index in [0.717, 1.165) is 15.8 Å². The smallest absolute Gasteiger partial charge is 0.335 e. The molecule has 3 aromatic rings. The molecular weight excluding hydrogens is 380 g/mol. The molecule has 0 spiro atoms. The molecule has 0 saturated heterocycles. The van der Waals surface area contributed by atoms with E-state index in [4.69, 9.17) is 4.74 Å². The van der Waals surface area contributed by atoms with E-state index in [1.54, 1.807) is 23.5 Å². The Labute approximate surface area is 174 Å². The van der Waals surface area contributed by atoms with Gasteiger partial charge in [0.05, 0.1) is 5.56 Å². The van der Waals surface area contributed by atoms with Crippen LogP contribution in [-0.2, 0) is 5.41 Å². The van der Waals surface area contributed by atoms with Crippen LogP contribution in [0.4, 0.5) is 0 Å². The summed E-state index contributed by atoms with van der Waals surface area (Å²) >= 11 is 1.72. The number of carboxylic acid groups (broad SMARTS) is 1. The first kappa shape index (κ1) is 17.5. The van der Waals surface area contributed by atoms with Crippen molar-refractivity contribution in [3.8, 4) is 16.2 Å². The van der Waals surface area contributed by atoms with Crippen LogP contribution in [0.1, 0.15) is 56.0 Å². The normalized spacial score (nSPS) is 34.2. The van der Waals surface area contributed by atoms with E-state index in [-0.39, 0.29) is 16.4 Å². The summed E-state index contributed by atoms with van der Waals surface area (Å²) < 4.78 is 7.77. The van der Waals surface area contributed by atoms with Crippen molar-refractivity contribution in [3.63, 3.8) is 0 Å². The lowest BCUT2D eigenvalue weighted by Gasteiger charge is -2.48. The van der Waals surface area contributed by atoms with Crippen molar-refractivity contribution in [2.75, 3.05) is 0 Å². The summed E-state index contributed by atoms with van der Waals surface area (Å²) in [6.45, 7) is 7.21. The monoisotopic (exact) mass is 404 g/mol. The first-order valence-electron chi connectivity index (χ1n) is 10.4. The molecule has 1 aliphatic heterocycles. The number of thiophene rings is 1. The van der Waals surface area contributed by atoms with Gasteiger partial charge >= 0.3 is 5.97 Å². The molecule has 0 radical (unpaired) electrons. The fourth-order valence-electron chi connectivity index (χ4n) is 6.66. The van der Waals surface area contributed by atoms with Crippen LogP contribution in [0.2, 0.25) is 0 Å². The lowest BCUT2D eigenvalue weighted by molar-refractivity contribution is -0.0260. The summed E-state index contributed by atoms with van der Waals surface area (Å²) in [7, 11) is 0. The number of rotatable bonds is 2. The molecule has 2 saturated carbocycles. The van der Waals surface area contributed by atoms with E-state index in [0.29, 0.717) is 11.5 Å². The molecule has 2 bridgehead atoms. The number of carboxylic acids is 1. The number of hydrogen-bond acceptors (Lipinski definition) is 3. The molecule has 2 aliphatic carbocycles. The van der Waals surface area contributed by atoms with Gasteiger partial charge < -0.3 is 9.84 Å². The molecule has 1 aromatic heterocycles. The second-order valence-electron chi connectivity index (χ2n) is 9.71. The fraction of sp³-hybridized carbons (Fsp3) is 0.400. The minimum atomic E-state index is -0.883. The van der Waals surface area contributed by atoms with E-state index >= 15 is 0 Å². The van der Waals surface area contributed by atoms with Gasteiger partial charge in [0.2, 0.25) is 0 Å². The minimum absolute atomic E-state index is 0.0292. The van der Waals surface area contributed by atoms with Gasteiger partial charge in [0.15, 0.2) is 0 Å². The predicted molar refractivity (Wildman–Crippen MR) is 116 cm³/mol. The van der Waals surface area contributed by atoms with Crippen molar-refractivity contribution in [1.29, 1.82) is 0 Å². The summed E-state index contributed by atoms with van der Waals surface area (Å²) in [6.07, 6.45) is 3.80. The Morgan fingerprint density at radius 2 is 1.97 bits per heavy atom. The largest absolute Gasteiger partial charge is 0.486 e. The summed E-state index contributed by atoms with van der Waals surface area (Å²) in [5.74, 6) is 0.795. The molecule has 3 nitrogen and oxygen atoms in total. The maximum atomic E-state index is 11.3. The van der Waals surface area contributed by atoms with Gasteiger partial charge in [0, 0.05) is 20.6 Å². The summed E-state index contributed by atoms with van der Waals surface area (Å²) in [5.41, 5.74) is 3.08. The lowest BCUT2D eigenvalue weighted by atomic mass is 9.56. The Hall–Kier alpha value is -2.33. The number of aromatic carboxylic acids is 1. The van der Waals surface area contributed by atoms with Gasteiger partial charge in [-0.3, -0.25) is 0 Å². The average molecular weight is 405 g/mol. The third-order valence-corrected chi connectivity index (χ3v) is 9.77. The van der Waals surface area contributed by atoms with Crippen LogP contribution in [0.15, 0.2) is 42.5 Å². The zero-order valence-electron chi connectivity index (χ0n) is 16.9. The molecule has 4 heteroatoms. The number of hydrogen-bond donors (Lipinski definition) is 1. The molecule has 2 aromatic carbocycles. The van der Waals surface area contributed by atoms with Crippen molar-refractivity contribution >= 4 is 27.4 Å². The van der Waals surface area contributed by atoms with Gasteiger partial charge in [-0.1, -0.05) is 13.8 Å². The maximum Gasteiger partial charge on any atom is 0.335 e. The van der Waals surface area contributed by atoms with E-state index in [2.05, 4.69) is 45.0 Å². The van der Waals surface area contributed by atoms with Crippen LogP contribution < -0.4 is 4.74 Å². The van der Waals surface area contributed by atoms with Gasteiger partial charge in [-0.25, -0.2) is 4.79 Å². The predicted octanol–water partition coefficient (Wildman–Crippen LogP) is 6.50. The third-order valence-electron chi connectivity index (χ3n) is 8.61. The summed E-state index contributed by atoms with van der Waals surface area (Å²) in [6, 6.07) is 14.1. The first-order chi connectivity index (χ1) is 13.7. The maximum absolute atomic E-state index is 11.3. The first-order valence-corrected chi connectivity index (χ1v) is 11.2. The molecule has 29 heavy (non-hydrogen) atoms. The molecule has 3 aliphatic rings. The van der Waals surface area contributed by atoms with Crippen molar-refractivity contribution in [2.45, 2.75) is 51.0 Å². The van der Waals surface area contributed by atoms with Crippen LogP contribution in [0.5, 0.6) is 5.75 Å². The molecule has 1 N–H and O–H groups in total. The highest BCUT2D eigenvalue weighted by Crippen LogP contribution is 2.73. The third kappa shape index (κ3) is 1.96. The van der Waals surface area contributed by atoms with Gasteiger partial charge in [-0.05, 0) is 90.9 Å².